The first-order valence-electron chi connectivity index (χ1n) is 8.86. The van der Waals surface area contributed by atoms with Crippen molar-refractivity contribution in [2.75, 3.05) is 18.0 Å². The molecule has 1 saturated heterocycles. The van der Waals surface area contributed by atoms with E-state index < -0.39 is 0 Å². The molecule has 2 heterocycles. The minimum atomic E-state index is -0.219. The number of nitrogens with one attached hydrogen (secondary N) is 1. The summed E-state index contributed by atoms with van der Waals surface area (Å²) in [5.41, 5.74) is 2.60. The first kappa shape index (κ1) is 15.2. The van der Waals surface area contributed by atoms with Crippen LogP contribution < -0.4 is 10.2 Å². The first-order valence-corrected chi connectivity index (χ1v) is 8.86. The molecule has 1 amide bonds. The average molecular weight is 321 g/mol. The molecule has 0 radical (unpaired) electrons. The molecule has 124 valence electrons. The van der Waals surface area contributed by atoms with Crippen LogP contribution in [0.3, 0.4) is 0 Å². The van der Waals surface area contributed by atoms with Gasteiger partial charge >= 0.3 is 0 Å². The lowest BCUT2D eigenvalue weighted by Gasteiger charge is -2.43. The summed E-state index contributed by atoms with van der Waals surface area (Å²) in [4.78, 5) is 19.4. The zero-order chi connectivity index (χ0) is 16.4. The van der Waals surface area contributed by atoms with E-state index in [1.807, 2.05) is 30.3 Å². The van der Waals surface area contributed by atoms with Crippen molar-refractivity contribution in [3.05, 3.63) is 59.9 Å². The van der Waals surface area contributed by atoms with Gasteiger partial charge in [-0.25, -0.2) is 0 Å². The summed E-state index contributed by atoms with van der Waals surface area (Å²) < 4.78 is 0. The molecule has 0 bridgehead atoms. The van der Waals surface area contributed by atoms with Gasteiger partial charge in [-0.3, -0.25) is 9.78 Å². The average Bonchev–Trinajstić information content (AvgIpc) is 3.13. The normalized spacial score (nSPS) is 18.9. The van der Waals surface area contributed by atoms with Crippen molar-refractivity contribution in [3.8, 4) is 0 Å². The number of hydrogen-bond donors (Lipinski definition) is 1. The Kier molecular flexibility index (Phi) is 3.97. The monoisotopic (exact) mass is 321 g/mol. The lowest BCUT2D eigenvalue weighted by atomic mass is 9.71. The molecule has 1 aliphatic carbocycles. The van der Waals surface area contributed by atoms with Crippen molar-refractivity contribution in [1.82, 2.24) is 10.3 Å². The van der Waals surface area contributed by atoms with E-state index in [2.05, 4.69) is 27.3 Å². The molecular weight excluding hydrogens is 298 g/mol. The quantitative estimate of drug-likeness (QED) is 0.937. The molecule has 2 aromatic rings. The molecule has 24 heavy (non-hydrogen) atoms. The van der Waals surface area contributed by atoms with Gasteiger partial charge in [0.2, 0.25) is 0 Å². The second-order valence-corrected chi connectivity index (χ2v) is 6.85. The minimum Gasteiger partial charge on any atom is -0.371 e. The maximum Gasteiger partial charge on any atom is 0.270 e. The number of aromatic nitrogens is 1. The second kappa shape index (κ2) is 6.27. The van der Waals surface area contributed by atoms with Gasteiger partial charge in [-0.1, -0.05) is 30.3 Å². The summed E-state index contributed by atoms with van der Waals surface area (Å²) >= 11 is 0. The Balaban J connectivity index is 1.54. The van der Waals surface area contributed by atoms with E-state index in [0.29, 0.717) is 5.69 Å². The highest BCUT2D eigenvalue weighted by molar-refractivity contribution is 5.93. The smallest absolute Gasteiger partial charge is 0.270 e. The molecule has 4 heteroatoms. The summed E-state index contributed by atoms with van der Waals surface area (Å²) in [5, 5.41) is 3.26. The van der Waals surface area contributed by atoms with E-state index in [0.717, 1.165) is 38.0 Å². The fourth-order valence-corrected chi connectivity index (χ4v) is 3.77. The third-order valence-corrected chi connectivity index (χ3v) is 5.33. The Morgan fingerprint density at radius 2 is 1.79 bits per heavy atom. The van der Waals surface area contributed by atoms with Crippen LogP contribution in [0.15, 0.2) is 48.7 Å². The number of benzene rings is 1. The van der Waals surface area contributed by atoms with Crippen molar-refractivity contribution in [3.63, 3.8) is 0 Å². The zero-order valence-corrected chi connectivity index (χ0v) is 13.9. The number of pyridine rings is 1. The predicted octanol–water partition coefficient (Wildman–Crippen LogP) is 3.49. The summed E-state index contributed by atoms with van der Waals surface area (Å²) in [6.45, 7) is 2.14. The lowest BCUT2D eigenvalue weighted by molar-refractivity contribution is 0.0818. The molecule has 4 nitrogen and oxygen atoms in total. The predicted molar refractivity (Wildman–Crippen MR) is 95.1 cm³/mol. The molecule has 0 unspecified atom stereocenters. The van der Waals surface area contributed by atoms with Gasteiger partial charge in [0, 0.05) is 25.0 Å². The number of hydrogen-bond acceptors (Lipinski definition) is 3. The van der Waals surface area contributed by atoms with Gasteiger partial charge in [0.1, 0.15) is 5.69 Å². The molecule has 0 spiro atoms. The number of nitrogens with zero attached hydrogens (tertiary/aromatic N) is 2. The molecule has 1 aromatic heterocycles. The maximum atomic E-state index is 12.8. The topological polar surface area (TPSA) is 45.2 Å². The molecule has 1 aromatic carbocycles. The van der Waals surface area contributed by atoms with Crippen LogP contribution in [0, 0.1) is 0 Å². The molecular formula is C20H23N3O. The maximum absolute atomic E-state index is 12.8. The molecule has 4 rings (SSSR count). The minimum absolute atomic E-state index is 0.0698. The molecule has 1 N–H and O–H groups in total. The Hall–Kier alpha value is -2.36. The van der Waals surface area contributed by atoms with Gasteiger partial charge in [-0.15, -0.1) is 0 Å². The highest BCUT2D eigenvalue weighted by Crippen LogP contribution is 2.41. The molecule has 0 atom stereocenters. The SMILES string of the molecule is O=C(NC1(c2ccccc2)CCC1)c1cc(N2CCCC2)ccn1. The van der Waals surface area contributed by atoms with Crippen molar-refractivity contribution in [2.24, 2.45) is 0 Å². The molecule has 1 saturated carbocycles. The summed E-state index contributed by atoms with van der Waals surface area (Å²) in [5.74, 6) is -0.0698. The summed E-state index contributed by atoms with van der Waals surface area (Å²) in [7, 11) is 0. The van der Waals surface area contributed by atoms with Crippen LogP contribution in [0.2, 0.25) is 0 Å². The van der Waals surface area contributed by atoms with E-state index >= 15 is 0 Å². The van der Waals surface area contributed by atoms with E-state index in [4.69, 9.17) is 0 Å². The van der Waals surface area contributed by atoms with Crippen molar-refractivity contribution < 1.29 is 4.79 Å². The van der Waals surface area contributed by atoms with Gasteiger partial charge in [0.05, 0.1) is 5.54 Å². The van der Waals surface area contributed by atoms with E-state index in [1.165, 1.54) is 18.4 Å². The molecule has 2 fully saturated rings. The van der Waals surface area contributed by atoms with Crippen LogP contribution in [-0.4, -0.2) is 24.0 Å². The standard InChI is InChI=1S/C20H23N3O/c24-19(18-15-17(9-12-21-18)23-13-4-5-14-23)22-20(10-6-11-20)16-7-2-1-3-8-16/h1-3,7-9,12,15H,4-6,10-11,13-14H2,(H,22,24). The Labute approximate surface area is 142 Å². The van der Waals surface area contributed by atoms with Gasteiger partial charge < -0.3 is 10.2 Å². The summed E-state index contributed by atoms with van der Waals surface area (Å²) in [6, 6.07) is 14.2. The second-order valence-electron chi connectivity index (χ2n) is 6.85. The lowest BCUT2D eigenvalue weighted by Crippen LogP contribution is -2.50. The third-order valence-electron chi connectivity index (χ3n) is 5.33. The Morgan fingerprint density at radius 1 is 1.04 bits per heavy atom. The van der Waals surface area contributed by atoms with Gasteiger partial charge in [0.15, 0.2) is 0 Å². The Morgan fingerprint density at radius 3 is 2.46 bits per heavy atom. The largest absolute Gasteiger partial charge is 0.371 e. The van der Waals surface area contributed by atoms with Crippen molar-refractivity contribution in [1.29, 1.82) is 0 Å². The van der Waals surface area contributed by atoms with Crippen LogP contribution in [0.5, 0.6) is 0 Å². The van der Waals surface area contributed by atoms with Gasteiger partial charge in [-0.05, 0) is 49.8 Å². The van der Waals surface area contributed by atoms with E-state index in [1.54, 1.807) is 6.20 Å². The van der Waals surface area contributed by atoms with Crippen LogP contribution in [0.25, 0.3) is 0 Å². The van der Waals surface area contributed by atoms with E-state index in [9.17, 15) is 4.79 Å². The molecule has 2 aliphatic rings. The van der Waals surface area contributed by atoms with Crippen molar-refractivity contribution in [2.45, 2.75) is 37.6 Å². The van der Waals surface area contributed by atoms with Crippen LogP contribution in [0.4, 0.5) is 5.69 Å². The van der Waals surface area contributed by atoms with Crippen LogP contribution >= 0.6 is 0 Å². The number of anilines is 1. The third kappa shape index (κ3) is 2.77. The summed E-state index contributed by atoms with van der Waals surface area (Å²) in [6.07, 6.45) is 7.33. The van der Waals surface area contributed by atoms with Gasteiger partial charge in [0.25, 0.3) is 5.91 Å². The Bertz CT molecular complexity index is 719. The van der Waals surface area contributed by atoms with Crippen LogP contribution in [0.1, 0.15) is 48.2 Å². The fraction of sp³-hybridized carbons (Fsp3) is 0.400. The molecule has 1 aliphatic heterocycles. The zero-order valence-electron chi connectivity index (χ0n) is 13.9. The fourth-order valence-electron chi connectivity index (χ4n) is 3.77. The first-order chi connectivity index (χ1) is 11.8. The highest BCUT2D eigenvalue weighted by Gasteiger charge is 2.40. The number of carbonyl (C=O) groups excluding carboxylic acids is 1. The van der Waals surface area contributed by atoms with Crippen molar-refractivity contribution >= 4 is 11.6 Å². The van der Waals surface area contributed by atoms with Gasteiger partial charge in [-0.2, -0.15) is 0 Å². The number of carbonyl (C=O) groups is 1. The van der Waals surface area contributed by atoms with Crippen LogP contribution in [-0.2, 0) is 5.54 Å². The number of rotatable bonds is 4. The number of amides is 1. The highest BCUT2D eigenvalue weighted by atomic mass is 16.2. The van der Waals surface area contributed by atoms with E-state index in [-0.39, 0.29) is 11.4 Å².